The van der Waals surface area contributed by atoms with E-state index in [4.69, 9.17) is 0 Å². The zero-order valence-electron chi connectivity index (χ0n) is 29.9. The van der Waals surface area contributed by atoms with E-state index in [-0.39, 0.29) is 0 Å². The third-order valence-corrected chi connectivity index (χ3v) is 6.72. The van der Waals surface area contributed by atoms with Crippen molar-refractivity contribution in [2.45, 2.75) is 115 Å². The molecule has 6 nitrogen and oxygen atoms in total. The Bertz CT molecular complexity index is 1630. The average Bonchev–Trinajstić information content (AvgIpc) is 3.77. The Balaban J connectivity index is 0.000000304. The molecule has 240 valence electrons. The zero-order chi connectivity index (χ0) is 33.4. The minimum Gasteiger partial charge on any atom is -0.241 e. The number of rotatable bonds is 3. The molecule has 0 aliphatic rings. The van der Waals surface area contributed by atoms with Gasteiger partial charge in [-0.05, 0) is 73.1 Å². The smallest absolute Gasteiger partial charge is 0.0698 e. The molecule has 6 heteroatoms. The molecular formula is C38H58N6. The number of hydrogen-bond acceptors (Lipinski definition) is 3. The van der Waals surface area contributed by atoms with E-state index in [9.17, 15) is 0 Å². The molecular weight excluding hydrogens is 540 g/mol. The maximum atomic E-state index is 4.32. The van der Waals surface area contributed by atoms with E-state index < -0.39 is 0 Å². The van der Waals surface area contributed by atoms with Crippen LogP contribution in [-0.4, -0.2) is 28.8 Å². The van der Waals surface area contributed by atoms with Gasteiger partial charge >= 0.3 is 0 Å². The maximum absolute atomic E-state index is 4.32. The fraction of sp³-hybridized carbons (Fsp3) is 0.447. The lowest BCUT2D eigenvalue weighted by Gasteiger charge is -2.02. The summed E-state index contributed by atoms with van der Waals surface area (Å²) in [7, 11) is 0. The molecule has 0 radical (unpaired) electrons. The van der Waals surface area contributed by atoms with Crippen molar-refractivity contribution in [2.24, 2.45) is 0 Å². The van der Waals surface area contributed by atoms with Crippen LogP contribution in [0.5, 0.6) is 0 Å². The lowest BCUT2D eigenvalue weighted by molar-refractivity contribution is 0.875. The van der Waals surface area contributed by atoms with Gasteiger partial charge in [-0.15, -0.1) is 0 Å². The van der Waals surface area contributed by atoms with Crippen LogP contribution in [0.15, 0.2) is 79.6 Å². The lowest BCUT2D eigenvalue weighted by atomic mass is 10.1. The van der Waals surface area contributed by atoms with Gasteiger partial charge in [-0.1, -0.05) is 95.2 Å². The average molecular weight is 599 g/mol. The standard InChI is InChI=1S/2C11H14N2.C10H12N2.3C2H6/c1-8(2)10-6-12-13-7-9(3)4-5-11(10)13;1-8(2)10-7-12-13-5-4-9(3)6-11(10)13;1-8(2)9-7-11-12-6-4-3-5-10(9)12;3*1-2/h2*4-8H,1-3H3;3-8H,1-2H3;3*1-2H3. The molecule has 0 aromatic carbocycles. The van der Waals surface area contributed by atoms with E-state index in [0.29, 0.717) is 17.8 Å². The van der Waals surface area contributed by atoms with E-state index in [1.165, 1.54) is 44.4 Å². The second kappa shape index (κ2) is 19.4. The second-order valence-corrected chi connectivity index (χ2v) is 10.9. The monoisotopic (exact) mass is 598 g/mol. The minimum absolute atomic E-state index is 0.541. The minimum atomic E-state index is 0.541. The Morgan fingerprint density at radius 1 is 0.477 bits per heavy atom. The summed E-state index contributed by atoms with van der Waals surface area (Å²) in [6, 6.07) is 14.7. The molecule has 0 unspecified atom stereocenters. The quantitative estimate of drug-likeness (QED) is 0.204. The highest BCUT2D eigenvalue weighted by atomic mass is 15.2. The first-order valence-electron chi connectivity index (χ1n) is 16.5. The van der Waals surface area contributed by atoms with Gasteiger partial charge in [0.15, 0.2) is 0 Å². The molecule has 0 amide bonds. The van der Waals surface area contributed by atoms with Gasteiger partial charge in [0, 0.05) is 35.3 Å². The second-order valence-electron chi connectivity index (χ2n) is 10.9. The molecule has 44 heavy (non-hydrogen) atoms. The number of pyridine rings is 3. The summed E-state index contributed by atoms with van der Waals surface area (Å²) in [6.45, 7) is 29.3. The molecule has 6 aromatic rings. The van der Waals surface area contributed by atoms with E-state index in [1.54, 1.807) is 0 Å². The van der Waals surface area contributed by atoms with Crippen LogP contribution in [0.2, 0.25) is 0 Å². The first kappa shape index (κ1) is 38.1. The number of hydrogen-bond donors (Lipinski definition) is 0. The van der Waals surface area contributed by atoms with Crippen molar-refractivity contribution in [2.75, 3.05) is 0 Å². The van der Waals surface area contributed by atoms with Crippen LogP contribution >= 0.6 is 0 Å². The van der Waals surface area contributed by atoms with Crippen LogP contribution in [-0.2, 0) is 0 Å². The summed E-state index contributed by atoms with van der Waals surface area (Å²) in [5.41, 5.74) is 10.2. The molecule has 0 atom stereocenters. The van der Waals surface area contributed by atoms with Crippen LogP contribution < -0.4 is 0 Å². The molecule has 0 saturated carbocycles. The van der Waals surface area contributed by atoms with E-state index >= 15 is 0 Å². The molecule has 0 bridgehead atoms. The third-order valence-electron chi connectivity index (χ3n) is 6.72. The summed E-state index contributed by atoms with van der Waals surface area (Å²) >= 11 is 0. The van der Waals surface area contributed by atoms with E-state index in [2.05, 4.69) is 107 Å². The normalized spacial score (nSPS) is 10.2. The van der Waals surface area contributed by atoms with Gasteiger partial charge in [0.2, 0.25) is 0 Å². The molecule has 0 N–H and O–H groups in total. The maximum Gasteiger partial charge on any atom is 0.0698 e. The predicted octanol–water partition coefficient (Wildman–Crippen LogP) is 11.1. The molecule has 0 aliphatic carbocycles. The van der Waals surface area contributed by atoms with Gasteiger partial charge in [0.05, 0.1) is 35.1 Å². The van der Waals surface area contributed by atoms with E-state index in [0.717, 1.165) is 0 Å². The third kappa shape index (κ3) is 10.1. The highest BCUT2D eigenvalue weighted by Crippen LogP contribution is 2.22. The fourth-order valence-corrected chi connectivity index (χ4v) is 4.50. The summed E-state index contributed by atoms with van der Waals surface area (Å²) in [5.74, 6) is 1.63. The van der Waals surface area contributed by atoms with Crippen molar-refractivity contribution in [3.05, 3.63) is 107 Å². The highest BCUT2D eigenvalue weighted by Gasteiger charge is 2.08. The van der Waals surface area contributed by atoms with Gasteiger partial charge in [0.25, 0.3) is 0 Å². The summed E-state index contributed by atoms with van der Waals surface area (Å²) in [6.07, 6.45) is 11.9. The first-order chi connectivity index (χ1) is 21.2. The van der Waals surface area contributed by atoms with Crippen molar-refractivity contribution in [1.29, 1.82) is 0 Å². The summed E-state index contributed by atoms with van der Waals surface area (Å²) in [4.78, 5) is 0. The Kier molecular flexibility index (Phi) is 16.8. The van der Waals surface area contributed by atoms with Crippen LogP contribution in [0.3, 0.4) is 0 Å². The molecule has 6 aromatic heterocycles. The molecule has 6 heterocycles. The molecule has 0 aliphatic heterocycles. The highest BCUT2D eigenvalue weighted by molar-refractivity contribution is 5.57. The zero-order valence-corrected chi connectivity index (χ0v) is 29.9. The number of fused-ring (bicyclic) bond motifs is 3. The molecule has 0 saturated heterocycles. The van der Waals surface area contributed by atoms with Crippen LogP contribution in [0.1, 0.15) is 129 Å². The van der Waals surface area contributed by atoms with Crippen molar-refractivity contribution in [3.8, 4) is 0 Å². The number of aromatic nitrogens is 6. The van der Waals surface area contributed by atoms with Crippen molar-refractivity contribution in [1.82, 2.24) is 28.8 Å². The SMILES string of the molecule is CC.CC.CC.CC(C)c1cnn2ccccc12.Cc1ccc2c(C(C)C)cnn2c1.Cc1ccn2ncc(C(C)C)c2c1. The van der Waals surface area contributed by atoms with E-state index in [1.807, 2.05) is 98.2 Å². The van der Waals surface area contributed by atoms with Crippen molar-refractivity contribution in [3.63, 3.8) is 0 Å². The van der Waals surface area contributed by atoms with Crippen LogP contribution in [0, 0.1) is 13.8 Å². The Labute approximate surface area is 267 Å². The van der Waals surface area contributed by atoms with Gasteiger partial charge in [-0.25, -0.2) is 13.5 Å². The van der Waals surface area contributed by atoms with Crippen molar-refractivity contribution < 1.29 is 0 Å². The van der Waals surface area contributed by atoms with Gasteiger partial charge in [-0.2, -0.15) is 15.3 Å². The molecule has 0 fully saturated rings. The fourth-order valence-electron chi connectivity index (χ4n) is 4.50. The van der Waals surface area contributed by atoms with Gasteiger partial charge < -0.3 is 0 Å². The summed E-state index contributed by atoms with van der Waals surface area (Å²) < 4.78 is 5.79. The first-order valence-corrected chi connectivity index (χ1v) is 16.5. The van der Waals surface area contributed by atoms with Gasteiger partial charge in [-0.3, -0.25) is 0 Å². The lowest BCUT2D eigenvalue weighted by Crippen LogP contribution is -1.89. The van der Waals surface area contributed by atoms with Crippen LogP contribution in [0.4, 0.5) is 0 Å². The Morgan fingerprint density at radius 3 is 1.45 bits per heavy atom. The van der Waals surface area contributed by atoms with Crippen molar-refractivity contribution >= 4 is 16.6 Å². The summed E-state index contributed by atoms with van der Waals surface area (Å²) in [5, 5.41) is 12.9. The topological polar surface area (TPSA) is 51.9 Å². The Morgan fingerprint density at radius 2 is 0.932 bits per heavy atom. The Hall–Kier alpha value is -3.93. The van der Waals surface area contributed by atoms with Gasteiger partial charge in [0.1, 0.15) is 0 Å². The molecule has 6 rings (SSSR count). The van der Waals surface area contributed by atoms with Crippen LogP contribution in [0.25, 0.3) is 16.6 Å². The number of aryl methyl sites for hydroxylation is 2. The number of nitrogens with zero attached hydrogens (tertiary/aromatic N) is 6. The molecule has 0 spiro atoms. The largest absolute Gasteiger partial charge is 0.241 e. The predicted molar refractivity (Wildman–Crippen MR) is 191 cm³/mol.